The average Bonchev–Trinajstić information content (AvgIpc) is 2.99. The predicted octanol–water partition coefficient (Wildman–Crippen LogP) is 2.35. The van der Waals surface area contributed by atoms with Gasteiger partial charge in [-0.15, -0.1) is 11.3 Å². The monoisotopic (exact) mass is 346 g/mol. The Hall–Kier alpha value is -2.41. The number of rotatable bonds is 6. The predicted molar refractivity (Wildman–Crippen MR) is 90.4 cm³/mol. The summed E-state index contributed by atoms with van der Waals surface area (Å²) < 4.78 is 10.6. The van der Waals surface area contributed by atoms with Crippen molar-refractivity contribution in [1.29, 1.82) is 0 Å². The van der Waals surface area contributed by atoms with E-state index in [0.717, 1.165) is 10.6 Å². The molecule has 0 unspecified atom stereocenters. The lowest BCUT2D eigenvalue weighted by molar-refractivity contribution is -0.143. The number of anilines is 1. The number of esters is 1. The van der Waals surface area contributed by atoms with Gasteiger partial charge in [0.25, 0.3) is 5.91 Å². The molecule has 0 bridgehead atoms. The minimum Gasteiger partial charge on any atom is -0.482 e. The molecule has 0 saturated carbocycles. The quantitative estimate of drug-likeness (QED) is 0.751. The minimum absolute atomic E-state index is 0.00326. The Bertz CT molecular complexity index is 744. The molecule has 1 aliphatic heterocycles. The summed E-state index contributed by atoms with van der Waals surface area (Å²) in [6, 6.07) is 7.31. The maximum absolute atomic E-state index is 12.0. The summed E-state index contributed by atoms with van der Waals surface area (Å²) in [6.07, 6.45) is 0.823. The number of amides is 1. The highest BCUT2D eigenvalue weighted by Gasteiger charge is 2.25. The zero-order valence-corrected chi connectivity index (χ0v) is 14.2. The van der Waals surface area contributed by atoms with Gasteiger partial charge in [-0.2, -0.15) is 0 Å². The van der Waals surface area contributed by atoms with Gasteiger partial charge in [0.05, 0.1) is 29.9 Å². The van der Waals surface area contributed by atoms with E-state index in [-0.39, 0.29) is 31.4 Å². The number of carbonyl (C=O) groups is 2. The minimum atomic E-state index is -0.311. The van der Waals surface area contributed by atoms with Crippen molar-refractivity contribution >= 4 is 28.9 Å². The molecule has 0 spiro atoms. The number of hydrogen-bond donors (Lipinski definition) is 0. The molecule has 24 heavy (non-hydrogen) atoms. The van der Waals surface area contributed by atoms with Crippen LogP contribution in [0.5, 0.6) is 5.75 Å². The van der Waals surface area contributed by atoms with Crippen molar-refractivity contribution in [2.24, 2.45) is 0 Å². The lowest BCUT2D eigenvalue weighted by Gasteiger charge is -2.28. The zero-order chi connectivity index (χ0) is 16.9. The van der Waals surface area contributed by atoms with E-state index in [1.165, 1.54) is 0 Å². The smallest absolute Gasteiger partial charge is 0.307 e. The zero-order valence-electron chi connectivity index (χ0n) is 13.4. The lowest BCUT2D eigenvalue weighted by Crippen LogP contribution is -2.40. The van der Waals surface area contributed by atoms with E-state index >= 15 is 0 Å². The summed E-state index contributed by atoms with van der Waals surface area (Å²) in [5, 5.41) is 0. The van der Waals surface area contributed by atoms with E-state index in [0.29, 0.717) is 24.5 Å². The molecule has 2 heterocycles. The van der Waals surface area contributed by atoms with Crippen LogP contribution in [0.4, 0.5) is 5.69 Å². The van der Waals surface area contributed by atoms with Gasteiger partial charge in [-0.25, -0.2) is 4.98 Å². The van der Waals surface area contributed by atoms with Crippen LogP contribution in [0, 0.1) is 6.92 Å². The number of thiazole rings is 1. The number of nitrogens with zero attached hydrogens (tertiary/aromatic N) is 2. The largest absolute Gasteiger partial charge is 0.482 e. The Morgan fingerprint density at radius 3 is 3.04 bits per heavy atom. The van der Waals surface area contributed by atoms with Gasteiger partial charge in [0, 0.05) is 17.8 Å². The van der Waals surface area contributed by atoms with Gasteiger partial charge in [-0.1, -0.05) is 12.1 Å². The number of hydrogen-bond acceptors (Lipinski definition) is 6. The topological polar surface area (TPSA) is 68.7 Å². The van der Waals surface area contributed by atoms with E-state index < -0.39 is 0 Å². The Labute approximate surface area is 144 Å². The maximum Gasteiger partial charge on any atom is 0.307 e. The number of aromatic nitrogens is 1. The van der Waals surface area contributed by atoms with Crippen LogP contribution < -0.4 is 9.64 Å². The molecule has 7 heteroatoms. The average molecular weight is 346 g/mol. The Morgan fingerprint density at radius 1 is 1.42 bits per heavy atom. The number of carbonyl (C=O) groups excluding carboxylic acids is 2. The van der Waals surface area contributed by atoms with E-state index in [2.05, 4.69) is 4.98 Å². The van der Waals surface area contributed by atoms with Gasteiger partial charge in [0.15, 0.2) is 6.61 Å². The molecule has 1 aliphatic rings. The SMILES string of the molecule is Cc1ncsc1CCOC(=O)CCN1C(=O)COc2ccccc21. The van der Waals surface area contributed by atoms with Crippen LogP contribution in [-0.4, -0.2) is 36.6 Å². The first kappa shape index (κ1) is 16.4. The van der Waals surface area contributed by atoms with Gasteiger partial charge >= 0.3 is 5.97 Å². The summed E-state index contributed by atoms with van der Waals surface area (Å²) >= 11 is 1.56. The number of ether oxygens (including phenoxy) is 2. The van der Waals surface area contributed by atoms with Crippen LogP contribution in [0.15, 0.2) is 29.8 Å². The number of fused-ring (bicyclic) bond motifs is 1. The number of benzene rings is 1. The van der Waals surface area contributed by atoms with Gasteiger partial charge in [-0.05, 0) is 19.1 Å². The van der Waals surface area contributed by atoms with Crippen molar-refractivity contribution in [1.82, 2.24) is 4.98 Å². The van der Waals surface area contributed by atoms with Crippen LogP contribution >= 0.6 is 11.3 Å². The summed E-state index contributed by atoms with van der Waals surface area (Å²) in [7, 11) is 0. The summed E-state index contributed by atoms with van der Waals surface area (Å²) in [6.45, 7) is 2.55. The normalized spacial score (nSPS) is 13.4. The molecular weight excluding hydrogens is 328 g/mol. The Kier molecular flexibility index (Phi) is 5.10. The summed E-state index contributed by atoms with van der Waals surface area (Å²) in [4.78, 5) is 30.8. The maximum atomic E-state index is 12.0. The first-order valence-corrected chi connectivity index (χ1v) is 8.60. The van der Waals surface area contributed by atoms with Crippen LogP contribution in [0.25, 0.3) is 0 Å². The van der Waals surface area contributed by atoms with E-state index in [4.69, 9.17) is 9.47 Å². The van der Waals surface area contributed by atoms with Crippen molar-refractivity contribution in [3.05, 3.63) is 40.3 Å². The van der Waals surface area contributed by atoms with Gasteiger partial charge in [0.1, 0.15) is 5.75 Å². The molecule has 0 fully saturated rings. The molecular formula is C17H18N2O4S. The standard InChI is InChI=1S/C17H18N2O4S/c1-12-15(24-11-18-12)7-9-22-17(21)6-8-19-13-4-2-3-5-14(13)23-10-16(19)20/h2-5,11H,6-10H2,1H3. The van der Waals surface area contributed by atoms with Gasteiger partial charge in [0.2, 0.25) is 0 Å². The van der Waals surface area contributed by atoms with E-state index in [9.17, 15) is 9.59 Å². The van der Waals surface area contributed by atoms with Crippen molar-refractivity contribution < 1.29 is 19.1 Å². The molecule has 0 atom stereocenters. The second kappa shape index (κ2) is 7.44. The fourth-order valence-electron chi connectivity index (χ4n) is 2.50. The molecule has 0 N–H and O–H groups in total. The van der Waals surface area contributed by atoms with E-state index in [1.54, 1.807) is 21.7 Å². The first-order chi connectivity index (χ1) is 11.6. The van der Waals surface area contributed by atoms with Crippen molar-refractivity contribution in [3.8, 4) is 5.75 Å². The third-order valence-electron chi connectivity index (χ3n) is 3.78. The first-order valence-electron chi connectivity index (χ1n) is 7.72. The highest BCUT2D eigenvalue weighted by atomic mass is 32.1. The second-order valence-electron chi connectivity index (χ2n) is 5.38. The Balaban J connectivity index is 1.49. The van der Waals surface area contributed by atoms with Crippen LogP contribution in [-0.2, 0) is 20.7 Å². The molecule has 0 radical (unpaired) electrons. The van der Waals surface area contributed by atoms with Crippen LogP contribution in [0.3, 0.4) is 0 Å². The third kappa shape index (κ3) is 3.73. The molecule has 0 aliphatic carbocycles. The van der Waals surface area contributed by atoms with Gasteiger partial charge < -0.3 is 14.4 Å². The fraction of sp³-hybridized carbons (Fsp3) is 0.353. The van der Waals surface area contributed by atoms with Crippen molar-refractivity contribution in [2.75, 3.05) is 24.7 Å². The fourth-order valence-corrected chi connectivity index (χ4v) is 3.26. The third-order valence-corrected chi connectivity index (χ3v) is 4.78. The van der Waals surface area contributed by atoms with Gasteiger partial charge in [-0.3, -0.25) is 9.59 Å². The van der Waals surface area contributed by atoms with Crippen LogP contribution in [0.2, 0.25) is 0 Å². The Morgan fingerprint density at radius 2 is 2.25 bits per heavy atom. The molecule has 6 nitrogen and oxygen atoms in total. The lowest BCUT2D eigenvalue weighted by atomic mass is 10.2. The summed E-state index contributed by atoms with van der Waals surface area (Å²) in [5.41, 5.74) is 3.46. The molecule has 126 valence electrons. The van der Waals surface area contributed by atoms with Crippen molar-refractivity contribution in [2.45, 2.75) is 19.8 Å². The van der Waals surface area contributed by atoms with E-state index in [1.807, 2.05) is 31.2 Å². The summed E-state index contributed by atoms with van der Waals surface area (Å²) in [5.74, 6) is 0.196. The van der Waals surface area contributed by atoms with Crippen molar-refractivity contribution in [3.63, 3.8) is 0 Å². The molecule has 3 rings (SSSR count). The number of para-hydroxylation sites is 2. The number of aryl methyl sites for hydroxylation is 1. The molecule has 1 amide bonds. The highest BCUT2D eigenvalue weighted by molar-refractivity contribution is 7.09. The van der Waals surface area contributed by atoms with Crippen LogP contribution in [0.1, 0.15) is 17.0 Å². The molecule has 0 saturated heterocycles. The highest BCUT2D eigenvalue weighted by Crippen LogP contribution is 2.31. The molecule has 1 aromatic heterocycles. The molecule has 1 aromatic carbocycles. The molecule has 2 aromatic rings. The second-order valence-corrected chi connectivity index (χ2v) is 6.32.